The summed E-state index contributed by atoms with van der Waals surface area (Å²) in [6.45, 7) is 9.02. The molecule has 0 aliphatic rings. The van der Waals surface area contributed by atoms with Crippen LogP contribution in [0.2, 0.25) is 0 Å². The molecule has 6 nitrogen and oxygen atoms in total. The molecule has 2 aromatic rings. The molecule has 25 heavy (non-hydrogen) atoms. The number of aryl methyl sites for hydroxylation is 3. The van der Waals surface area contributed by atoms with Crippen molar-refractivity contribution in [1.82, 2.24) is 20.4 Å². The smallest absolute Gasteiger partial charge is 0.191 e. The largest absolute Gasteiger partial charge is 0.464 e. The molecule has 1 unspecified atom stereocenters. The second-order valence-electron chi connectivity index (χ2n) is 5.94. The van der Waals surface area contributed by atoms with Gasteiger partial charge >= 0.3 is 0 Å². The van der Waals surface area contributed by atoms with Crippen LogP contribution in [0.15, 0.2) is 21.5 Å². The molecule has 0 bridgehead atoms. The fraction of sp³-hybridized carbons (Fsp3) is 0.556. The average molecular weight is 459 g/mol. The van der Waals surface area contributed by atoms with Gasteiger partial charge in [0.05, 0.1) is 11.7 Å². The Hall–Kier alpha value is -1.51. The molecule has 0 amide bonds. The summed E-state index contributed by atoms with van der Waals surface area (Å²) in [6, 6.07) is 4.02. The van der Waals surface area contributed by atoms with Gasteiger partial charge in [-0.1, -0.05) is 13.8 Å². The number of guanidine groups is 1. The van der Waals surface area contributed by atoms with Crippen LogP contribution in [0, 0.1) is 6.92 Å². The number of aromatic nitrogens is 2. The van der Waals surface area contributed by atoms with Crippen molar-refractivity contribution in [3.63, 3.8) is 0 Å². The number of furan rings is 1. The molecular weight excluding hydrogens is 429 g/mol. The third-order valence-electron chi connectivity index (χ3n) is 4.23. The number of hydrogen-bond acceptors (Lipinski definition) is 3. The molecule has 2 N–H and O–H groups in total. The molecule has 2 heterocycles. The Morgan fingerprint density at radius 2 is 2.04 bits per heavy atom. The lowest BCUT2D eigenvalue weighted by atomic mass is 10.1. The third kappa shape index (κ3) is 5.23. The van der Waals surface area contributed by atoms with Gasteiger partial charge in [0.1, 0.15) is 11.5 Å². The van der Waals surface area contributed by atoms with Crippen molar-refractivity contribution < 1.29 is 4.42 Å². The van der Waals surface area contributed by atoms with E-state index in [1.54, 1.807) is 7.05 Å². The van der Waals surface area contributed by atoms with Crippen LogP contribution in [-0.2, 0) is 26.4 Å². The average Bonchev–Trinajstić information content (AvgIpc) is 3.14. The molecule has 0 saturated carbocycles. The van der Waals surface area contributed by atoms with Gasteiger partial charge in [0.2, 0.25) is 0 Å². The second kappa shape index (κ2) is 9.84. The van der Waals surface area contributed by atoms with Gasteiger partial charge < -0.3 is 15.1 Å². The highest BCUT2D eigenvalue weighted by Gasteiger charge is 2.15. The van der Waals surface area contributed by atoms with E-state index in [0.717, 1.165) is 36.0 Å². The van der Waals surface area contributed by atoms with Gasteiger partial charge in [-0.15, -0.1) is 24.0 Å². The van der Waals surface area contributed by atoms with E-state index in [-0.39, 0.29) is 30.0 Å². The first kappa shape index (κ1) is 21.5. The highest BCUT2D eigenvalue weighted by Crippen LogP contribution is 2.17. The molecule has 0 fully saturated rings. The van der Waals surface area contributed by atoms with E-state index in [2.05, 4.69) is 41.5 Å². The van der Waals surface area contributed by atoms with Crippen molar-refractivity contribution in [2.45, 2.75) is 53.1 Å². The van der Waals surface area contributed by atoms with Crippen molar-refractivity contribution in [2.24, 2.45) is 12.0 Å². The highest BCUT2D eigenvalue weighted by atomic mass is 127. The maximum atomic E-state index is 5.67. The SMILES string of the molecule is CCc1nn(C)c(CC)c1CNC(=NC)NC(C)c1ccc(C)o1.I. The maximum Gasteiger partial charge on any atom is 0.191 e. The fourth-order valence-corrected chi connectivity index (χ4v) is 2.92. The van der Waals surface area contributed by atoms with Gasteiger partial charge in [0.15, 0.2) is 5.96 Å². The van der Waals surface area contributed by atoms with E-state index in [9.17, 15) is 0 Å². The standard InChI is InChI=1S/C18H29N5O.HI/c1-7-15-14(16(8-2)23(6)22-15)11-20-18(19-5)21-13(4)17-10-9-12(3)24-17;/h9-10,13H,7-8,11H2,1-6H3,(H2,19,20,21);1H. The Labute approximate surface area is 167 Å². The van der Waals surface area contributed by atoms with Crippen LogP contribution in [0.5, 0.6) is 0 Å². The molecule has 2 rings (SSSR count). The van der Waals surface area contributed by atoms with Crippen LogP contribution in [0.1, 0.15) is 55.3 Å². The molecule has 2 aromatic heterocycles. The van der Waals surface area contributed by atoms with Crippen LogP contribution in [-0.4, -0.2) is 22.8 Å². The van der Waals surface area contributed by atoms with Crippen molar-refractivity contribution in [3.8, 4) is 0 Å². The second-order valence-corrected chi connectivity index (χ2v) is 5.94. The van der Waals surface area contributed by atoms with Crippen LogP contribution in [0.4, 0.5) is 0 Å². The van der Waals surface area contributed by atoms with Gasteiger partial charge in [-0.25, -0.2) is 0 Å². The third-order valence-corrected chi connectivity index (χ3v) is 4.23. The van der Waals surface area contributed by atoms with E-state index >= 15 is 0 Å². The van der Waals surface area contributed by atoms with E-state index in [4.69, 9.17) is 4.42 Å². The van der Waals surface area contributed by atoms with Crippen molar-refractivity contribution in [3.05, 3.63) is 40.6 Å². The summed E-state index contributed by atoms with van der Waals surface area (Å²) in [7, 11) is 3.79. The summed E-state index contributed by atoms with van der Waals surface area (Å²) in [4.78, 5) is 4.32. The van der Waals surface area contributed by atoms with Crippen molar-refractivity contribution in [1.29, 1.82) is 0 Å². The molecule has 1 atom stereocenters. The molecular formula is C18H30IN5O. The predicted molar refractivity (Wildman–Crippen MR) is 113 cm³/mol. The number of nitrogens with zero attached hydrogens (tertiary/aromatic N) is 3. The lowest BCUT2D eigenvalue weighted by molar-refractivity contribution is 0.441. The highest BCUT2D eigenvalue weighted by molar-refractivity contribution is 14.0. The first-order chi connectivity index (χ1) is 11.5. The first-order valence-corrected chi connectivity index (χ1v) is 8.57. The van der Waals surface area contributed by atoms with E-state index < -0.39 is 0 Å². The van der Waals surface area contributed by atoms with Gasteiger partial charge in [0.25, 0.3) is 0 Å². The molecule has 0 aliphatic carbocycles. The Morgan fingerprint density at radius 3 is 2.56 bits per heavy atom. The number of halogens is 1. The zero-order chi connectivity index (χ0) is 17.7. The Balaban J connectivity index is 0.00000312. The van der Waals surface area contributed by atoms with Crippen LogP contribution in [0.25, 0.3) is 0 Å². The Morgan fingerprint density at radius 1 is 1.32 bits per heavy atom. The van der Waals surface area contributed by atoms with Crippen LogP contribution < -0.4 is 10.6 Å². The quantitative estimate of drug-likeness (QED) is 0.394. The van der Waals surface area contributed by atoms with Gasteiger partial charge in [-0.3, -0.25) is 9.67 Å². The molecule has 0 radical (unpaired) electrons. The predicted octanol–water partition coefficient (Wildman–Crippen LogP) is 3.49. The molecule has 7 heteroatoms. The minimum atomic E-state index is 0. The van der Waals surface area contributed by atoms with E-state index in [0.29, 0.717) is 6.54 Å². The van der Waals surface area contributed by atoms with Gasteiger partial charge in [-0.2, -0.15) is 5.10 Å². The van der Waals surface area contributed by atoms with Gasteiger partial charge in [-0.05, 0) is 38.8 Å². The topological polar surface area (TPSA) is 67.4 Å². The molecule has 0 aliphatic heterocycles. The van der Waals surface area contributed by atoms with Crippen molar-refractivity contribution >= 4 is 29.9 Å². The zero-order valence-corrected chi connectivity index (χ0v) is 18.3. The molecule has 0 aromatic carbocycles. The van der Waals surface area contributed by atoms with Gasteiger partial charge in [0, 0.05) is 31.9 Å². The summed E-state index contributed by atoms with van der Waals surface area (Å²) in [5, 5.41) is 11.4. The normalized spacial score (nSPS) is 12.6. The number of hydrogen-bond donors (Lipinski definition) is 2. The minimum Gasteiger partial charge on any atom is -0.464 e. The summed E-state index contributed by atoms with van der Waals surface area (Å²) in [6.07, 6.45) is 1.90. The Kier molecular flexibility index (Phi) is 8.47. The monoisotopic (exact) mass is 459 g/mol. The van der Waals surface area contributed by atoms with E-state index in [1.807, 2.05) is 30.8 Å². The summed E-state index contributed by atoms with van der Waals surface area (Å²) in [5.41, 5.74) is 3.68. The van der Waals surface area contributed by atoms with E-state index in [1.165, 1.54) is 11.3 Å². The number of aliphatic imine (C=N–C) groups is 1. The van der Waals surface area contributed by atoms with Crippen LogP contribution in [0.3, 0.4) is 0 Å². The number of rotatable bonds is 6. The summed E-state index contributed by atoms with van der Waals surface area (Å²) < 4.78 is 7.66. The summed E-state index contributed by atoms with van der Waals surface area (Å²) >= 11 is 0. The lowest BCUT2D eigenvalue weighted by Crippen LogP contribution is -2.38. The Bertz CT molecular complexity index is 704. The van der Waals surface area contributed by atoms with Crippen LogP contribution >= 0.6 is 24.0 Å². The zero-order valence-electron chi connectivity index (χ0n) is 16.0. The lowest BCUT2D eigenvalue weighted by Gasteiger charge is -2.17. The summed E-state index contributed by atoms with van der Waals surface area (Å²) in [5.74, 6) is 2.57. The molecule has 0 saturated heterocycles. The molecule has 0 spiro atoms. The maximum absolute atomic E-state index is 5.67. The van der Waals surface area contributed by atoms with Crippen molar-refractivity contribution in [2.75, 3.05) is 7.05 Å². The number of nitrogens with one attached hydrogen (secondary N) is 2. The minimum absolute atomic E-state index is 0. The fourth-order valence-electron chi connectivity index (χ4n) is 2.92. The molecule has 140 valence electrons. The first-order valence-electron chi connectivity index (χ1n) is 8.57.